The summed E-state index contributed by atoms with van der Waals surface area (Å²) in [6.45, 7) is 1.79. The molecule has 0 radical (unpaired) electrons. The maximum absolute atomic E-state index is 13.6. The highest BCUT2D eigenvalue weighted by Gasteiger charge is 2.21. The average Bonchev–Trinajstić information content (AvgIpc) is 3.08. The van der Waals surface area contributed by atoms with Crippen molar-refractivity contribution in [3.63, 3.8) is 0 Å². The zero-order valence-corrected chi connectivity index (χ0v) is 16.3. The summed E-state index contributed by atoms with van der Waals surface area (Å²) in [5, 5.41) is 12.4. The van der Waals surface area contributed by atoms with Gasteiger partial charge in [0.2, 0.25) is 0 Å². The second-order valence-corrected chi connectivity index (χ2v) is 7.87. The van der Waals surface area contributed by atoms with E-state index in [-0.39, 0.29) is 10.6 Å². The van der Waals surface area contributed by atoms with Crippen LogP contribution in [0, 0.1) is 12.7 Å². The number of nitrogens with one attached hydrogen (secondary N) is 1. The number of nitrogens with zero attached hydrogens (tertiary/aromatic N) is 4. The first kappa shape index (κ1) is 18.8. The minimum absolute atomic E-state index is 0.0465. The highest BCUT2D eigenvalue weighted by atomic mass is 32.2. The van der Waals surface area contributed by atoms with Crippen LogP contribution in [0.25, 0.3) is 16.9 Å². The van der Waals surface area contributed by atoms with E-state index in [0.717, 1.165) is 12.1 Å². The number of anilines is 1. The molecule has 0 fully saturated rings. The fourth-order valence-corrected chi connectivity index (χ4v) is 4.09. The molecular weight excluding hydrogens is 397 g/mol. The molecule has 0 spiro atoms. The third-order valence-corrected chi connectivity index (χ3v) is 5.65. The van der Waals surface area contributed by atoms with E-state index in [4.69, 9.17) is 4.74 Å². The molecule has 1 N–H and O–H groups in total. The second kappa shape index (κ2) is 7.13. The van der Waals surface area contributed by atoms with E-state index in [1.807, 2.05) is 0 Å². The van der Waals surface area contributed by atoms with E-state index in [0.29, 0.717) is 28.4 Å². The second-order valence-electron chi connectivity index (χ2n) is 6.22. The molecule has 0 saturated heterocycles. The van der Waals surface area contributed by atoms with Crippen LogP contribution in [0.2, 0.25) is 0 Å². The molecule has 0 saturated carbocycles. The molecule has 0 aliphatic carbocycles. The molecule has 0 unspecified atom stereocenters. The van der Waals surface area contributed by atoms with Gasteiger partial charge in [0.1, 0.15) is 16.5 Å². The van der Waals surface area contributed by atoms with E-state index in [9.17, 15) is 12.8 Å². The van der Waals surface area contributed by atoms with Crippen molar-refractivity contribution in [2.24, 2.45) is 0 Å². The number of hydrogen-bond acceptors (Lipinski definition) is 6. The first-order chi connectivity index (χ1) is 13.9. The van der Waals surface area contributed by atoms with Crippen molar-refractivity contribution in [1.29, 1.82) is 0 Å². The van der Waals surface area contributed by atoms with E-state index < -0.39 is 15.8 Å². The van der Waals surface area contributed by atoms with Gasteiger partial charge in [-0.3, -0.25) is 4.72 Å². The summed E-state index contributed by atoms with van der Waals surface area (Å²) in [4.78, 5) is -0.287. The number of halogens is 1. The molecular formula is C19H16FN5O3S. The molecule has 148 valence electrons. The Morgan fingerprint density at radius 1 is 1.07 bits per heavy atom. The zero-order chi connectivity index (χ0) is 20.6. The molecule has 2 aromatic carbocycles. The van der Waals surface area contributed by atoms with Crippen molar-refractivity contribution in [1.82, 2.24) is 19.8 Å². The van der Waals surface area contributed by atoms with Crippen LogP contribution in [-0.4, -0.2) is 35.3 Å². The molecule has 0 bridgehead atoms. The maximum Gasteiger partial charge on any atom is 0.265 e. The van der Waals surface area contributed by atoms with Gasteiger partial charge in [0.15, 0.2) is 11.5 Å². The summed E-state index contributed by atoms with van der Waals surface area (Å²) < 4.78 is 48.3. The lowest BCUT2D eigenvalue weighted by Gasteiger charge is -2.12. The summed E-state index contributed by atoms with van der Waals surface area (Å²) in [6.07, 6.45) is 0. The Labute approximate surface area is 166 Å². The number of aromatic nitrogens is 4. The van der Waals surface area contributed by atoms with Crippen LogP contribution < -0.4 is 9.46 Å². The molecule has 0 amide bonds. The molecule has 0 atom stereocenters. The molecule has 4 aromatic rings. The summed E-state index contributed by atoms with van der Waals surface area (Å²) in [5.74, 6) is 0.00361. The Bertz CT molecular complexity index is 1320. The standard InChI is InChI=1S/C19H16FN5O3S/c1-12-21-22-19-9-7-16(23-25(12)19)13-4-3-5-15(10-13)24-29(26,27)18-11-14(20)6-8-17(18)28-2/h3-11,24H,1-2H3. The smallest absolute Gasteiger partial charge is 0.265 e. The lowest BCUT2D eigenvalue weighted by Crippen LogP contribution is -2.14. The molecule has 4 rings (SSSR count). The average molecular weight is 413 g/mol. The van der Waals surface area contributed by atoms with Crippen molar-refractivity contribution < 1.29 is 17.5 Å². The minimum atomic E-state index is -4.07. The van der Waals surface area contributed by atoms with Gasteiger partial charge >= 0.3 is 0 Å². The number of rotatable bonds is 5. The first-order valence-corrected chi connectivity index (χ1v) is 10.0. The molecule has 2 heterocycles. The summed E-state index contributed by atoms with van der Waals surface area (Å²) in [7, 11) is -2.75. The zero-order valence-electron chi connectivity index (χ0n) is 15.5. The van der Waals surface area contributed by atoms with Gasteiger partial charge < -0.3 is 4.74 Å². The predicted molar refractivity (Wildman–Crippen MR) is 105 cm³/mol. The van der Waals surface area contributed by atoms with Crippen LogP contribution >= 0.6 is 0 Å². The van der Waals surface area contributed by atoms with Gasteiger partial charge in [-0.2, -0.15) is 9.61 Å². The molecule has 8 nitrogen and oxygen atoms in total. The van der Waals surface area contributed by atoms with Gasteiger partial charge in [0, 0.05) is 11.3 Å². The van der Waals surface area contributed by atoms with Gasteiger partial charge in [0.25, 0.3) is 10.0 Å². The third-order valence-electron chi connectivity index (χ3n) is 4.24. The van der Waals surface area contributed by atoms with Crippen molar-refractivity contribution in [2.45, 2.75) is 11.8 Å². The number of fused-ring (bicyclic) bond motifs is 1. The highest BCUT2D eigenvalue weighted by molar-refractivity contribution is 7.92. The number of sulfonamides is 1. The number of ether oxygens (including phenoxy) is 1. The molecule has 0 aliphatic heterocycles. The van der Waals surface area contributed by atoms with Crippen molar-refractivity contribution in [3.05, 3.63) is 66.2 Å². The third kappa shape index (κ3) is 3.61. The van der Waals surface area contributed by atoms with E-state index in [1.165, 1.54) is 13.2 Å². The Balaban J connectivity index is 1.70. The van der Waals surface area contributed by atoms with E-state index in [1.54, 1.807) is 47.8 Å². The Hall–Kier alpha value is -3.53. The summed E-state index contributed by atoms with van der Waals surface area (Å²) >= 11 is 0. The van der Waals surface area contributed by atoms with Crippen molar-refractivity contribution >= 4 is 21.4 Å². The van der Waals surface area contributed by atoms with Crippen LogP contribution in [0.15, 0.2) is 59.5 Å². The fraction of sp³-hybridized carbons (Fsp3) is 0.105. The van der Waals surface area contributed by atoms with Gasteiger partial charge in [-0.25, -0.2) is 12.8 Å². The van der Waals surface area contributed by atoms with Gasteiger partial charge in [0.05, 0.1) is 12.8 Å². The number of benzene rings is 2. The number of hydrogen-bond donors (Lipinski definition) is 1. The monoisotopic (exact) mass is 413 g/mol. The fourth-order valence-electron chi connectivity index (χ4n) is 2.86. The van der Waals surface area contributed by atoms with Crippen molar-refractivity contribution in [3.8, 4) is 17.0 Å². The molecule has 10 heteroatoms. The first-order valence-electron chi connectivity index (χ1n) is 8.53. The van der Waals surface area contributed by atoms with Crippen LogP contribution in [0.3, 0.4) is 0 Å². The largest absolute Gasteiger partial charge is 0.495 e. The van der Waals surface area contributed by atoms with Crippen LogP contribution in [0.1, 0.15) is 5.82 Å². The maximum atomic E-state index is 13.6. The van der Waals surface area contributed by atoms with Gasteiger partial charge in [-0.15, -0.1) is 10.2 Å². The molecule has 0 aliphatic rings. The predicted octanol–water partition coefficient (Wildman–Crippen LogP) is 3.05. The minimum Gasteiger partial charge on any atom is -0.495 e. The van der Waals surface area contributed by atoms with Crippen LogP contribution in [-0.2, 0) is 10.0 Å². The number of aryl methyl sites for hydroxylation is 1. The van der Waals surface area contributed by atoms with Gasteiger partial charge in [-0.1, -0.05) is 12.1 Å². The normalized spacial score (nSPS) is 11.6. The SMILES string of the molecule is COc1ccc(F)cc1S(=O)(=O)Nc1cccc(-c2ccc3nnc(C)n3n2)c1. The molecule has 2 aromatic heterocycles. The molecule has 29 heavy (non-hydrogen) atoms. The van der Waals surface area contributed by atoms with Gasteiger partial charge in [-0.05, 0) is 49.4 Å². The van der Waals surface area contributed by atoms with Crippen molar-refractivity contribution in [2.75, 3.05) is 11.8 Å². The quantitative estimate of drug-likeness (QED) is 0.540. The Morgan fingerprint density at radius 2 is 1.90 bits per heavy atom. The van der Waals surface area contributed by atoms with Crippen LogP contribution in [0.5, 0.6) is 5.75 Å². The van der Waals surface area contributed by atoms with E-state index >= 15 is 0 Å². The number of methoxy groups -OCH3 is 1. The summed E-state index contributed by atoms with van der Waals surface area (Å²) in [5.41, 5.74) is 2.22. The highest BCUT2D eigenvalue weighted by Crippen LogP contribution is 2.28. The van der Waals surface area contributed by atoms with Crippen LogP contribution in [0.4, 0.5) is 10.1 Å². The lowest BCUT2D eigenvalue weighted by molar-refractivity contribution is 0.401. The summed E-state index contributed by atoms with van der Waals surface area (Å²) in [6, 6.07) is 13.6. The topological polar surface area (TPSA) is 98.5 Å². The van der Waals surface area contributed by atoms with E-state index in [2.05, 4.69) is 20.0 Å². The Kier molecular flexibility index (Phi) is 4.63. The Morgan fingerprint density at radius 3 is 2.69 bits per heavy atom. The lowest BCUT2D eigenvalue weighted by atomic mass is 10.1.